The number of esters is 1. The molecule has 0 aliphatic rings. The summed E-state index contributed by atoms with van der Waals surface area (Å²) >= 11 is 0. The lowest BCUT2D eigenvalue weighted by Gasteiger charge is -2.21. The Kier molecular flexibility index (Phi) is 7.08. The number of hydrogen-bond donors (Lipinski definition) is 0. The van der Waals surface area contributed by atoms with Gasteiger partial charge in [0.15, 0.2) is 0 Å². The molecule has 0 unspecified atom stereocenters. The van der Waals surface area contributed by atoms with Crippen LogP contribution < -0.4 is 5.56 Å². The average molecular weight is 357 g/mol. The van der Waals surface area contributed by atoms with Crippen molar-refractivity contribution >= 4 is 11.9 Å². The number of nitrogens with zero attached hydrogens (tertiary/aromatic N) is 3. The van der Waals surface area contributed by atoms with Crippen molar-refractivity contribution in [3.05, 3.63) is 64.1 Å². The Labute approximate surface area is 152 Å². The van der Waals surface area contributed by atoms with Gasteiger partial charge in [-0.05, 0) is 25.0 Å². The Balaban J connectivity index is 2.28. The van der Waals surface area contributed by atoms with E-state index in [1.807, 2.05) is 37.3 Å². The van der Waals surface area contributed by atoms with Crippen LogP contribution in [0.4, 0.5) is 0 Å². The number of hydrogen-bond acceptors (Lipinski definition) is 5. The van der Waals surface area contributed by atoms with Crippen LogP contribution in [0.3, 0.4) is 0 Å². The topological polar surface area (TPSA) is 81.5 Å². The molecule has 0 spiro atoms. The van der Waals surface area contributed by atoms with Gasteiger partial charge in [0.05, 0.1) is 6.61 Å². The molecular formula is C19H23N3O4. The monoisotopic (exact) mass is 357 g/mol. The second-order valence-electron chi connectivity index (χ2n) is 5.73. The molecule has 0 bridgehead atoms. The predicted octanol–water partition coefficient (Wildman–Crippen LogP) is 1.86. The number of rotatable bonds is 8. The second-order valence-corrected chi connectivity index (χ2v) is 5.73. The van der Waals surface area contributed by atoms with Crippen LogP contribution in [-0.4, -0.2) is 39.7 Å². The van der Waals surface area contributed by atoms with Gasteiger partial charge in [0.2, 0.25) is 0 Å². The van der Waals surface area contributed by atoms with Crippen molar-refractivity contribution in [3.63, 3.8) is 0 Å². The van der Waals surface area contributed by atoms with Crippen molar-refractivity contribution in [2.75, 3.05) is 13.2 Å². The molecule has 2 aromatic rings. The third kappa shape index (κ3) is 5.27. The number of amides is 1. The molecule has 7 nitrogen and oxygen atoms in total. The van der Waals surface area contributed by atoms with E-state index in [9.17, 15) is 14.4 Å². The molecule has 1 heterocycles. The molecule has 7 heteroatoms. The van der Waals surface area contributed by atoms with Crippen LogP contribution in [0, 0.1) is 0 Å². The van der Waals surface area contributed by atoms with E-state index >= 15 is 0 Å². The van der Waals surface area contributed by atoms with Crippen LogP contribution in [0.1, 0.15) is 36.3 Å². The van der Waals surface area contributed by atoms with Crippen molar-refractivity contribution in [1.29, 1.82) is 0 Å². The molecule has 1 amide bonds. The fraction of sp³-hybridized carbons (Fsp3) is 0.368. The smallest absolute Gasteiger partial charge is 0.325 e. The van der Waals surface area contributed by atoms with Crippen LogP contribution in [-0.2, 0) is 22.6 Å². The number of carbonyl (C=O) groups is 2. The average Bonchev–Trinajstić information content (AvgIpc) is 2.64. The van der Waals surface area contributed by atoms with E-state index < -0.39 is 11.9 Å². The quantitative estimate of drug-likeness (QED) is 0.674. The summed E-state index contributed by atoms with van der Waals surface area (Å²) in [7, 11) is 0. The standard InChI is InChI=1S/C19H23N3O4/c1-3-12-22-17(23)11-10-16(20-22)19(25)21(14-18(24)26-4-2)13-15-8-6-5-7-9-15/h5-11H,3-4,12-14H2,1-2H3. The molecule has 0 aliphatic heterocycles. The van der Waals surface area contributed by atoms with Gasteiger partial charge in [0, 0.05) is 19.2 Å². The first kappa shape index (κ1) is 19.4. The SMILES string of the molecule is CCCn1nc(C(=O)N(CC(=O)OCC)Cc2ccccc2)ccc1=O. The Morgan fingerprint density at radius 2 is 1.85 bits per heavy atom. The maximum atomic E-state index is 12.9. The molecule has 138 valence electrons. The Morgan fingerprint density at radius 1 is 1.12 bits per heavy atom. The number of aryl methyl sites for hydroxylation is 1. The van der Waals surface area contributed by atoms with E-state index in [1.54, 1.807) is 6.92 Å². The third-order valence-electron chi connectivity index (χ3n) is 3.65. The van der Waals surface area contributed by atoms with E-state index in [-0.39, 0.29) is 30.9 Å². The van der Waals surface area contributed by atoms with Gasteiger partial charge in [-0.2, -0.15) is 5.10 Å². The van der Waals surface area contributed by atoms with Gasteiger partial charge >= 0.3 is 5.97 Å². The number of carbonyl (C=O) groups excluding carboxylic acids is 2. The number of benzene rings is 1. The highest BCUT2D eigenvalue weighted by Gasteiger charge is 2.21. The fourth-order valence-corrected chi connectivity index (χ4v) is 2.46. The lowest BCUT2D eigenvalue weighted by molar-refractivity contribution is -0.143. The van der Waals surface area contributed by atoms with Crippen molar-refractivity contribution in [2.45, 2.75) is 33.4 Å². The van der Waals surface area contributed by atoms with E-state index in [0.717, 1.165) is 12.0 Å². The summed E-state index contributed by atoms with van der Waals surface area (Å²) in [5.74, 6) is -0.912. The summed E-state index contributed by atoms with van der Waals surface area (Å²) in [6.07, 6.45) is 0.723. The van der Waals surface area contributed by atoms with E-state index in [2.05, 4.69) is 5.10 Å². The first-order valence-corrected chi connectivity index (χ1v) is 8.62. The summed E-state index contributed by atoms with van der Waals surface area (Å²) in [4.78, 5) is 38.0. The highest BCUT2D eigenvalue weighted by molar-refractivity contribution is 5.94. The van der Waals surface area contributed by atoms with Crippen molar-refractivity contribution in [3.8, 4) is 0 Å². The minimum Gasteiger partial charge on any atom is -0.465 e. The fourth-order valence-electron chi connectivity index (χ4n) is 2.46. The van der Waals surface area contributed by atoms with Crippen LogP contribution in [0.25, 0.3) is 0 Å². The molecule has 0 aliphatic carbocycles. The van der Waals surface area contributed by atoms with Crippen LogP contribution in [0.15, 0.2) is 47.3 Å². The molecule has 26 heavy (non-hydrogen) atoms. The van der Waals surface area contributed by atoms with E-state index in [0.29, 0.717) is 6.54 Å². The van der Waals surface area contributed by atoms with E-state index in [4.69, 9.17) is 4.74 Å². The summed E-state index contributed by atoms with van der Waals surface area (Å²) in [5, 5.41) is 4.14. The third-order valence-corrected chi connectivity index (χ3v) is 3.65. The van der Waals surface area contributed by atoms with Crippen LogP contribution >= 0.6 is 0 Å². The van der Waals surface area contributed by atoms with Crippen LogP contribution in [0.5, 0.6) is 0 Å². The van der Waals surface area contributed by atoms with Gasteiger partial charge in [-0.15, -0.1) is 0 Å². The zero-order valence-electron chi connectivity index (χ0n) is 15.1. The molecule has 1 aromatic heterocycles. The summed E-state index contributed by atoms with van der Waals surface area (Å²) in [6.45, 7) is 4.36. The molecule has 0 N–H and O–H groups in total. The van der Waals surface area contributed by atoms with Gasteiger partial charge in [-0.1, -0.05) is 37.3 Å². The molecule has 0 atom stereocenters. The van der Waals surface area contributed by atoms with Gasteiger partial charge in [-0.25, -0.2) is 4.68 Å². The van der Waals surface area contributed by atoms with Gasteiger partial charge < -0.3 is 9.64 Å². The molecule has 0 saturated carbocycles. The molecule has 1 aromatic carbocycles. The van der Waals surface area contributed by atoms with E-state index in [1.165, 1.54) is 21.7 Å². The van der Waals surface area contributed by atoms with Crippen molar-refractivity contribution < 1.29 is 14.3 Å². The Morgan fingerprint density at radius 3 is 2.50 bits per heavy atom. The number of aromatic nitrogens is 2. The predicted molar refractivity (Wildman–Crippen MR) is 96.6 cm³/mol. The normalized spacial score (nSPS) is 10.4. The van der Waals surface area contributed by atoms with Crippen molar-refractivity contribution in [1.82, 2.24) is 14.7 Å². The molecule has 0 fully saturated rings. The minimum atomic E-state index is -0.487. The summed E-state index contributed by atoms with van der Waals surface area (Å²) in [6, 6.07) is 12.1. The maximum absolute atomic E-state index is 12.9. The second kappa shape index (κ2) is 9.50. The maximum Gasteiger partial charge on any atom is 0.325 e. The Bertz CT molecular complexity index is 802. The highest BCUT2D eigenvalue weighted by Crippen LogP contribution is 2.09. The zero-order chi connectivity index (χ0) is 18.9. The van der Waals surface area contributed by atoms with Crippen molar-refractivity contribution in [2.24, 2.45) is 0 Å². The van der Waals surface area contributed by atoms with Gasteiger partial charge in [0.25, 0.3) is 11.5 Å². The largest absolute Gasteiger partial charge is 0.465 e. The van der Waals surface area contributed by atoms with Gasteiger partial charge in [0.1, 0.15) is 12.2 Å². The van der Waals surface area contributed by atoms with Gasteiger partial charge in [-0.3, -0.25) is 14.4 Å². The zero-order valence-corrected chi connectivity index (χ0v) is 15.1. The molecule has 0 saturated heterocycles. The molecule has 0 radical (unpaired) electrons. The molecular weight excluding hydrogens is 334 g/mol. The molecule has 2 rings (SSSR count). The lowest BCUT2D eigenvalue weighted by atomic mass is 10.2. The Hall–Kier alpha value is -2.96. The minimum absolute atomic E-state index is 0.123. The summed E-state index contributed by atoms with van der Waals surface area (Å²) in [5.41, 5.74) is 0.744. The first-order valence-electron chi connectivity index (χ1n) is 8.62. The number of ether oxygens (including phenoxy) is 1. The summed E-state index contributed by atoms with van der Waals surface area (Å²) < 4.78 is 6.23. The lowest BCUT2D eigenvalue weighted by Crippen LogP contribution is -2.37. The van der Waals surface area contributed by atoms with Crippen LogP contribution in [0.2, 0.25) is 0 Å². The highest BCUT2D eigenvalue weighted by atomic mass is 16.5. The first-order chi connectivity index (χ1) is 12.5.